The fourth-order valence-electron chi connectivity index (χ4n) is 1.41. The van der Waals surface area contributed by atoms with Crippen LogP contribution in [0.3, 0.4) is 0 Å². The Balaban J connectivity index is 2.41. The quantitative estimate of drug-likeness (QED) is 0.389. The van der Waals surface area contributed by atoms with Crippen LogP contribution in [0.25, 0.3) is 0 Å². The standard InChI is InChI=1S/C12H11ClN4O2/c1-7-2-3-8(13)6-9(7)19-12-10(11(14)17-18)15-4-5-16-12/h2-6,18H,1H3,(H2,14,17). The van der Waals surface area contributed by atoms with Crippen LogP contribution in [0, 0.1) is 6.92 Å². The second-order valence-electron chi connectivity index (χ2n) is 3.71. The number of rotatable bonds is 3. The maximum atomic E-state index is 8.70. The average molecular weight is 279 g/mol. The summed E-state index contributed by atoms with van der Waals surface area (Å²) in [6.07, 6.45) is 2.87. The molecule has 0 atom stereocenters. The molecule has 3 N–H and O–H groups in total. The summed E-state index contributed by atoms with van der Waals surface area (Å²) >= 11 is 5.91. The van der Waals surface area contributed by atoms with Crippen molar-refractivity contribution >= 4 is 17.4 Å². The summed E-state index contributed by atoms with van der Waals surface area (Å²) in [6, 6.07) is 5.23. The number of nitrogens with zero attached hydrogens (tertiary/aromatic N) is 3. The van der Waals surface area contributed by atoms with Crippen molar-refractivity contribution in [2.75, 3.05) is 0 Å². The number of benzene rings is 1. The number of amidine groups is 1. The molecule has 1 heterocycles. The van der Waals surface area contributed by atoms with Crippen LogP contribution in [0.4, 0.5) is 0 Å². The van der Waals surface area contributed by atoms with Gasteiger partial charge in [-0.3, -0.25) is 0 Å². The first-order chi connectivity index (χ1) is 9.11. The molecule has 0 unspecified atom stereocenters. The molecule has 0 fully saturated rings. The summed E-state index contributed by atoms with van der Waals surface area (Å²) in [7, 11) is 0. The van der Waals surface area contributed by atoms with Crippen LogP contribution in [0.5, 0.6) is 11.6 Å². The summed E-state index contributed by atoms with van der Waals surface area (Å²) in [6.45, 7) is 1.87. The summed E-state index contributed by atoms with van der Waals surface area (Å²) in [5.74, 6) is 0.492. The molecule has 0 aliphatic heterocycles. The van der Waals surface area contributed by atoms with E-state index >= 15 is 0 Å². The molecule has 98 valence electrons. The molecular formula is C12H11ClN4O2. The zero-order valence-corrected chi connectivity index (χ0v) is 10.8. The Morgan fingerprint density at radius 1 is 1.37 bits per heavy atom. The van der Waals surface area contributed by atoms with Gasteiger partial charge in [0.25, 0.3) is 0 Å². The Kier molecular flexibility index (Phi) is 3.82. The van der Waals surface area contributed by atoms with E-state index in [1.807, 2.05) is 13.0 Å². The first-order valence-electron chi connectivity index (χ1n) is 5.34. The van der Waals surface area contributed by atoms with Crippen LogP contribution in [0.1, 0.15) is 11.3 Å². The Labute approximate surface area is 114 Å². The number of aromatic nitrogens is 2. The van der Waals surface area contributed by atoms with E-state index in [9.17, 15) is 0 Å². The summed E-state index contributed by atoms with van der Waals surface area (Å²) < 4.78 is 5.61. The Hall–Kier alpha value is -2.34. The molecule has 0 spiro atoms. The SMILES string of the molecule is Cc1ccc(Cl)cc1Oc1nccnc1C(N)=NO. The first kappa shape index (κ1) is 13.1. The molecule has 0 aliphatic rings. The van der Waals surface area contributed by atoms with Crippen molar-refractivity contribution in [3.63, 3.8) is 0 Å². The number of halogens is 1. The first-order valence-corrected chi connectivity index (χ1v) is 5.72. The molecule has 19 heavy (non-hydrogen) atoms. The van der Waals surface area contributed by atoms with Crippen LogP contribution in [0.2, 0.25) is 5.02 Å². The van der Waals surface area contributed by atoms with Crippen molar-refractivity contribution in [1.82, 2.24) is 9.97 Å². The monoisotopic (exact) mass is 278 g/mol. The van der Waals surface area contributed by atoms with Gasteiger partial charge in [0.1, 0.15) is 5.75 Å². The number of aryl methyl sites for hydroxylation is 1. The third-order valence-electron chi connectivity index (χ3n) is 2.37. The molecule has 0 aliphatic carbocycles. The van der Waals surface area contributed by atoms with Crippen LogP contribution < -0.4 is 10.5 Å². The van der Waals surface area contributed by atoms with E-state index < -0.39 is 0 Å². The van der Waals surface area contributed by atoms with Crippen LogP contribution >= 0.6 is 11.6 Å². The van der Waals surface area contributed by atoms with Gasteiger partial charge in [0, 0.05) is 17.4 Å². The van der Waals surface area contributed by atoms with E-state index in [0.717, 1.165) is 5.56 Å². The highest BCUT2D eigenvalue weighted by Gasteiger charge is 2.13. The Morgan fingerprint density at radius 2 is 2.11 bits per heavy atom. The van der Waals surface area contributed by atoms with Gasteiger partial charge in [-0.05, 0) is 24.6 Å². The Bertz CT molecular complexity index is 631. The summed E-state index contributed by atoms with van der Waals surface area (Å²) in [5, 5.41) is 12.1. The van der Waals surface area contributed by atoms with E-state index in [1.54, 1.807) is 12.1 Å². The van der Waals surface area contributed by atoms with Gasteiger partial charge in [-0.1, -0.05) is 22.8 Å². The second-order valence-corrected chi connectivity index (χ2v) is 4.14. The number of hydrogen-bond donors (Lipinski definition) is 2. The molecule has 0 radical (unpaired) electrons. The largest absolute Gasteiger partial charge is 0.437 e. The molecule has 2 rings (SSSR count). The highest BCUT2D eigenvalue weighted by atomic mass is 35.5. The predicted octanol–water partition coefficient (Wildman–Crippen LogP) is 2.33. The minimum absolute atomic E-state index is 0.142. The van der Waals surface area contributed by atoms with Crippen molar-refractivity contribution in [2.24, 2.45) is 10.9 Å². The van der Waals surface area contributed by atoms with E-state index in [0.29, 0.717) is 10.8 Å². The number of nitrogens with two attached hydrogens (primary N) is 1. The van der Waals surface area contributed by atoms with Gasteiger partial charge in [-0.2, -0.15) is 0 Å². The summed E-state index contributed by atoms with van der Waals surface area (Å²) in [5.41, 5.74) is 6.54. The van der Waals surface area contributed by atoms with Gasteiger partial charge in [-0.25, -0.2) is 9.97 Å². The minimum atomic E-state index is -0.178. The number of oxime groups is 1. The maximum absolute atomic E-state index is 8.70. The minimum Gasteiger partial charge on any atom is -0.437 e. The van der Waals surface area contributed by atoms with Crippen molar-refractivity contribution in [3.05, 3.63) is 46.9 Å². The molecule has 7 heteroatoms. The fourth-order valence-corrected chi connectivity index (χ4v) is 1.57. The second kappa shape index (κ2) is 5.53. The topological polar surface area (TPSA) is 93.6 Å². The molecule has 0 saturated carbocycles. The molecule has 1 aromatic carbocycles. The number of hydrogen-bond acceptors (Lipinski definition) is 5. The van der Waals surface area contributed by atoms with Crippen molar-refractivity contribution in [1.29, 1.82) is 0 Å². The lowest BCUT2D eigenvalue weighted by Crippen LogP contribution is -2.16. The third kappa shape index (κ3) is 2.92. The van der Waals surface area contributed by atoms with E-state index in [-0.39, 0.29) is 17.4 Å². The number of ether oxygens (including phenoxy) is 1. The molecule has 6 nitrogen and oxygen atoms in total. The van der Waals surface area contributed by atoms with E-state index in [4.69, 9.17) is 27.3 Å². The molecule has 0 amide bonds. The van der Waals surface area contributed by atoms with Gasteiger partial charge in [0.15, 0.2) is 11.5 Å². The molecule has 0 saturated heterocycles. The van der Waals surface area contributed by atoms with E-state index in [1.165, 1.54) is 12.4 Å². The lowest BCUT2D eigenvalue weighted by Gasteiger charge is -2.10. The van der Waals surface area contributed by atoms with Gasteiger partial charge in [0.05, 0.1) is 0 Å². The lowest BCUT2D eigenvalue weighted by atomic mass is 10.2. The van der Waals surface area contributed by atoms with Gasteiger partial charge in [-0.15, -0.1) is 0 Å². The molecule has 0 bridgehead atoms. The zero-order valence-electron chi connectivity index (χ0n) is 10.0. The molecular weight excluding hydrogens is 268 g/mol. The zero-order chi connectivity index (χ0) is 13.8. The van der Waals surface area contributed by atoms with Crippen LogP contribution in [-0.2, 0) is 0 Å². The van der Waals surface area contributed by atoms with Gasteiger partial charge in [0.2, 0.25) is 5.88 Å². The van der Waals surface area contributed by atoms with Crippen LogP contribution in [-0.4, -0.2) is 21.0 Å². The Morgan fingerprint density at radius 3 is 2.84 bits per heavy atom. The van der Waals surface area contributed by atoms with Crippen molar-refractivity contribution < 1.29 is 9.94 Å². The van der Waals surface area contributed by atoms with Gasteiger partial charge < -0.3 is 15.7 Å². The fraction of sp³-hybridized carbons (Fsp3) is 0.0833. The summed E-state index contributed by atoms with van der Waals surface area (Å²) in [4.78, 5) is 7.98. The molecule has 1 aromatic heterocycles. The van der Waals surface area contributed by atoms with Crippen molar-refractivity contribution in [2.45, 2.75) is 6.92 Å². The molecule has 2 aromatic rings. The van der Waals surface area contributed by atoms with E-state index in [2.05, 4.69) is 15.1 Å². The highest BCUT2D eigenvalue weighted by Crippen LogP contribution is 2.27. The average Bonchev–Trinajstić information content (AvgIpc) is 2.42. The van der Waals surface area contributed by atoms with Gasteiger partial charge >= 0.3 is 0 Å². The normalized spacial score (nSPS) is 11.4. The van der Waals surface area contributed by atoms with Crippen molar-refractivity contribution in [3.8, 4) is 11.6 Å². The lowest BCUT2D eigenvalue weighted by molar-refractivity contribution is 0.318. The predicted molar refractivity (Wildman–Crippen MR) is 70.8 cm³/mol. The van der Waals surface area contributed by atoms with Crippen LogP contribution in [0.15, 0.2) is 35.7 Å². The highest BCUT2D eigenvalue weighted by molar-refractivity contribution is 6.30. The maximum Gasteiger partial charge on any atom is 0.249 e. The smallest absolute Gasteiger partial charge is 0.249 e. The third-order valence-corrected chi connectivity index (χ3v) is 2.61.